The lowest BCUT2D eigenvalue weighted by Crippen LogP contribution is -1.99. The van der Waals surface area contributed by atoms with Crippen LogP contribution in [0.25, 0.3) is 0 Å². The zero-order valence-corrected chi connectivity index (χ0v) is 10.7. The van der Waals surface area contributed by atoms with E-state index in [2.05, 4.69) is 15.9 Å². The van der Waals surface area contributed by atoms with Crippen molar-refractivity contribution in [3.8, 4) is 5.75 Å². The van der Waals surface area contributed by atoms with Crippen LogP contribution < -0.4 is 4.74 Å². The van der Waals surface area contributed by atoms with Crippen molar-refractivity contribution in [2.75, 3.05) is 0 Å². The van der Waals surface area contributed by atoms with Crippen molar-refractivity contribution in [1.29, 1.82) is 0 Å². The molecular formula is C14H11BrO2. The van der Waals surface area contributed by atoms with Crippen molar-refractivity contribution in [2.45, 2.75) is 6.61 Å². The molecule has 2 rings (SSSR count). The first kappa shape index (κ1) is 11.9. The summed E-state index contributed by atoms with van der Waals surface area (Å²) in [6.45, 7) is 0.394. The second-order valence-corrected chi connectivity index (χ2v) is 4.48. The van der Waals surface area contributed by atoms with E-state index in [0.717, 1.165) is 22.1 Å². The Morgan fingerprint density at radius 3 is 2.59 bits per heavy atom. The summed E-state index contributed by atoms with van der Waals surface area (Å²) in [4.78, 5) is 10.9. The van der Waals surface area contributed by atoms with E-state index in [9.17, 15) is 4.79 Å². The summed E-state index contributed by atoms with van der Waals surface area (Å²) in [6.07, 6.45) is 0.842. The quantitative estimate of drug-likeness (QED) is 0.800. The molecule has 2 aromatic carbocycles. The maximum Gasteiger partial charge on any atom is 0.150 e. The highest BCUT2D eigenvalue weighted by Gasteiger charge is 2.03. The topological polar surface area (TPSA) is 26.3 Å². The molecule has 0 N–H and O–H groups in total. The molecule has 0 spiro atoms. The molecule has 0 bridgehead atoms. The number of hydrogen-bond donors (Lipinski definition) is 0. The zero-order valence-electron chi connectivity index (χ0n) is 9.10. The monoisotopic (exact) mass is 290 g/mol. The first-order valence-electron chi connectivity index (χ1n) is 5.21. The maximum atomic E-state index is 10.9. The first-order valence-corrected chi connectivity index (χ1v) is 6.00. The van der Waals surface area contributed by atoms with Gasteiger partial charge < -0.3 is 4.74 Å². The summed E-state index contributed by atoms with van der Waals surface area (Å²) in [7, 11) is 0. The summed E-state index contributed by atoms with van der Waals surface area (Å²) in [5, 5.41) is 0. The minimum atomic E-state index is 0.394. The largest absolute Gasteiger partial charge is 0.489 e. The van der Waals surface area contributed by atoms with Crippen LogP contribution in [-0.4, -0.2) is 6.29 Å². The molecule has 2 aromatic rings. The molecule has 0 aromatic heterocycles. The fourth-order valence-corrected chi connectivity index (χ4v) is 1.86. The van der Waals surface area contributed by atoms with Gasteiger partial charge in [0, 0.05) is 10.0 Å². The van der Waals surface area contributed by atoms with Crippen molar-refractivity contribution < 1.29 is 9.53 Å². The van der Waals surface area contributed by atoms with Crippen LogP contribution in [0.4, 0.5) is 0 Å². The molecule has 0 aliphatic carbocycles. The Kier molecular flexibility index (Phi) is 3.94. The van der Waals surface area contributed by atoms with Crippen molar-refractivity contribution in [3.05, 3.63) is 64.1 Å². The second kappa shape index (κ2) is 5.64. The van der Waals surface area contributed by atoms with E-state index in [1.54, 1.807) is 6.07 Å². The van der Waals surface area contributed by atoms with Gasteiger partial charge in [0.2, 0.25) is 0 Å². The van der Waals surface area contributed by atoms with Crippen molar-refractivity contribution in [1.82, 2.24) is 0 Å². The van der Waals surface area contributed by atoms with Crippen LogP contribution in [0.15, 0.2) is 53.0 Å². The molecule has 17 heavy (non-hydrogen) atoms. The van der Waals surface area contributed by atoms with E-state index in [-0.39, 0.29) is 0 Å². The number of hydrogen-bond acceptors (Lipinski definition) is 2. The van der Waals surface area contributed by atoms with Crippen LogP contribution in [0.3, 0.4) is 0 Å². The third kappa shape index (κ3) is 3.17. The number of aldehydes is 1. The first-order chi connectivity index (χ1) is 8.29. The highest BCUT2D eigenvalue weighted by molar-refractivity contribution is 9.10. The van der Waals surface area contributed by atoms with Gasteiger partial charge in [0.1, 0.15) is 18.6 Å². The lowest BCUT2D eigenvalue weighted by Gasteiger charge is -2.08. The number of benzene rings is 2. The van der Waals surface area contributed by atoms with E-state index < -0.39 is 0 Å². The predicted molar refractivity (Wildman–Crippen MR) is 70.3 cm³/mol. The van der Waals surface area contributed by atoms with E-state index >= 15 is 0 Å². The Labute approximate surface area is 108 Å². The summed E-state index contributed by atoms with van der Waals surface area (Å²) in [5.41, 5.74) is 1.53. The van der Waals surface area contributed by atoms with Crippen LogP contribution in [-0.2, 0) is 6.61 Å². The standard InChI is InChI=1S/C14H11BrO2/c15-13-7-6-11(12(8-13)9-16)10-17-14-4-2-1-3-5-14/h1-9H,10H2. The van der Waals surface area contributed by atoms with Gasteiger partial charge in [-0.05, 0) is 29.8 Å². The van der Waals surface area contributed by atoms with Crippen molar-refractivity contribution >= 4 is 22.2 Å². The Morgan fingerprint density at radius 1 is 1.12 bits per heavy atom. The molecule has 86 valence electrons. The fourth-order valence-electron chi connectivity index (χ4n) is 1.48. The highest BCUT2D eigenvalue weighted by atomic mass is 79.9. The number of para-hydroxylation sites is 1. The smallest absolute Gasteiger partial charge is 0.150 e. The number of halogens is 1. The molecule has 0 aliphatic rings. The van der Waals surface area contributed by atoms with Crippen LogP contribution in [0.2, 0.25) is 0 Å². The number of carbonyl (C=O) groups is 1. The minimum absolute atomic E-state index is 0.394. The fraction of sp³-hybridized carbons (Fsp3) is 0.0714. The summed E-state index contributed by atoms with van der Waals surface area (Å²) < 4.78 is 6.49. The Morgan fingerprint density at radius 2 is 1.88 bits per heavy atom. The molecule has 0 atom stereocenters. The Bertz CT molecular complexity index is 509. The molecule has 0 saturated carbocycles. The van der Waals surface area contributed by atoms with Gasteiger partial charge >= 0.3 is 0 Å². The third-order valence-corrected chi connectivity index (χ3v) is 2.87. The van der Waals surface area contributed by atoms with Gasteiger partial charge in [0.05, 0.1) is 0 Å². The zero-order chi connectivity index (χ0) is 12.1. The van der Waals surface area contributed by atoms with Gasteiger partial charge in [-0.25, -0.2) is 0 Å². The molecule has 0 heterocycles. The lowest BCUT2D eigenvalue weighted by molar-refractivity contribution is 0.112. The van der Waals surface area contributed by atoms with Gasteiger partial charge in [-0.1, -0.05) is 40.2 Å². The Hall–Kier alpha value is -1.61. The average molecular weight is 291 g/mol. The van der Waals surface area contributed by atoms with Gasteiger partial charge in [0.15, 0.2) is 0 Å². The summed E-state index contributed by atoms with van der Waals surface area (Å²) in [6, 6.07) is 15.1. The van der Waals surface area contributed by atoms with Crippen LogP contribution in [0.5, 0.6) is 5.75 Å². The maximum absolute atomic E-state index is 10.9. The number of carbonyl (C=O) groups excluding carboxylic acids is 1. The van der Waals surface area contributed by atoms with Crippen molar-refractivity contribution in [2.24, 2.45) is 0 Å². The summed E-state index contributed by atoms with van der Waals surface area (Å²) >= 11 is 3.33. The van der Waals surface area contributed by atoms with E-state index in [4.69, 9.17) is 4.74 Å². The van der Waals surface area contributed by atoms with Gasteiger partial charge in [-0.2, -0.15) is 0 Å². The molecule has 3 heteroatoms. The molecule has 0 fully saturated rings. The molecule has 0 amide bonds. The Balaban J connectivity index is 2.11. The van der Waals surface area contributed by atoms with Crippen LogP contribution >= 0.6 is 15.9 Å². The molecule has 0 aliphatic heterocycles. The minimum Gasteiger partial charge on any atom is -0.489 e. The molecule has 2 nitrogen and oxygen atoms in total. The van der Waals surface area contributed by atoms with Gasteiger partial charge in [-0.15, -0.1) is 0 Å². The van der Waals surface area contributed by atoms with Crippen molar-refractivity contribution in [3.63, 3.8) is 0 Å². The average Bonchev–Trinajstić information content (AvgIpc) is 2.38. The molecule has 0 saturated heterocycles. The van der Waals surface area contributed by atoms with E-state index in [1.165, 1.54) is 0 Å². The number of ether oxygens (including phenoxy) is 1. The normalized spacial score (nSPS) is 9.94. The van der Waals surface area contributed by atoms with Gasteiger partial charge in [0.25, 0.3) is 0 Å². The van der Waals surface area contributed by atoms with Gasteiger partial charge in [-0.3, -0.25) is 4.79 Å². The van der Waals surface area contributed by atoms with E-state index in [1.807, 2.05) is 42.5 Å². The predicted octanol–water partition coefficient (Wildman–Crippen LogP) is 3.84. The molecule has 0 radical (unpaired) electrons. The summed E-state index contributed by atoms with van der Waals surface area (Å²) in [5.74, 6) is 0.798. The third-order valence-electron chi connectivity index (χ3n) is 2.37. The second-order valence-electron chi connectivity index (χ2n) is 3.56. The molecular weight excluding hydrogens is 280 g/mol. The number of rotatable bonds is 4. The SMILES string of the molecule is O=Cc1cc(Br)ccc1COc1ccccc1. The highest BCUT2D eigenvalue weighted by Crippen LogP contribution is 2.17. The van der Waals surface area contributed by atoms with Crippen LogP contribution in [0.1, 0.15) is 15.9 Å². The molecule has 0 unspecified atom stereocenters. The van der Waals surface area contributed by atoms with Crippen LogP contribution in [0, 0.1) is 0 Å². The van der Waals surface area contributed by atoms with E-state index in [0.29, 0.717) is 12.2 Å². The lowest BCUT2D eigenvalue weighted by atomic mass is 10.1.